The molecule has 0 fully saturated rings. The van der Waals surface area contributed by atoms with Crippen molar-refractivity contribution in [2.24, 2.45) is 0 Å². The summed E-state index contributed by atoms with van der Waals surface area (Å²) in [6.45, 7) is 2.71. The number of benzene rings is 3. The van der Waals surface area contributed by atoms with E-state index in [1.807, 2.05) is 30.3 Å². The smallest absolute Gasteiger partial charge is 0.418 e. The maximum atomic E-state index is 14.3. The number of pyridine rings is 2. The monoisotopic (exact) mass is 644 g/mol. The van der Waals surface area contributed by atoms with E-state index in [-0.39, 0.29) is 40.6 Å². The predicted octanol–water partition coefficient (Wildman–Crippen LogP) is 9.35. The Morgan fingerprint density at radius 3 is 2.29 bits per heavy atom. The van der Waals surface area contributed by atoms with E-state index in [4.69, 9.17) is 14.2 Å². The molecule has 2 aromatic heterocycles. The highest BCUT2D eigenvalue weighted by atomic mass is 79.9. The molecule has 5 aromatic rings. The highest BCUT2D eigenvalue weighted by Gasteiger charge is 2.35. The first-order valence-electron chi connectivity index (χ1n) is 12.5. The van der Waals surface area contributed by atoms with Gasteiger partial charge in [-0.3, -0.25) is 0 Å². The molecule has 42 heavy (non-hydrogen) atoms. The summed E-state index contributed by atoms with van der Waals surface area (Å²) in [5.41, 5.74) is -0.179. The Morgan fingerprint density at radius 1 is 0.881 bits per heavy atom. The summed E-state index contributed by atoms with van der Waals surface area (Å²) in [5, 5.41) is 0.533. The topological polar surface area (TPSA) is 53.5 Å². The normalized spacial score (nSPS) is 11.5. The number of methoxy groups -OCH3 is 1. The Morgan fingerprint density at radius 2 is 1.60 bits per heavy atom. The lowest BCUT2D eigenvalue weighted by Gasteiger charge is -2.19. The lowest BCUT2D eigenvalue weighted by molar-refractivity contribution is -0.138. The second-order valence-electron chi connectivity index (χ2n) is 9.32. The average Bonchev–Trinajstić information content (AvgIpc) is 2.96. The SMILES string of the molecule is COc1ccc2nc(-c3c(Oc4ccc(F)c(F)c4C)ncc(C(F)(F)F)c3C)cc(OCc3ccccc3)c2c1Br. The van der Waals surface area contributed by atoms with Crippen molar-refractivity contribution in [3.63, 3.8) is 0 Å². The van der Waals surface area contributed by atoms with E-state index in [1.165, 1.54) is 33.1 Å². The fourth-order valence-corrected chi connectivity index (χ4v) is 5.15. The molecule has 0 spiro atoms. The van der Waals surface area contributed by atoms with E-state index in [2.05, 4.69) is 25.9 Å². The van der Waals surface area contributed by atoms with Crippen molar-refractivity contribution in [1.29, 1.82) is 0 Å². The number of halogens is 6. The van der Waals surface area contributed by atoms with E-state index in [0.29, 0.717) is 33.1 Å². The first kappa shape index (κ1) is 29.2. The van der Waals surface area contributed by atoms with Gasteiger partial charge in [-0.25, -0.2) is 18.7 Å². The van der Waals surface area contributed by atoms with Gasteiger partial charge in [0.25, 0.3) is 0 Å². The van der Waals surface area contributed by atoms with Crippen molar-refractivity contribution in [2.45, 2.75) is 26.6 Å². The molecule has 5 rings (SSSR count). The minimum Gasteiger partial charge on any atom is -0.496 e. The van der Waals surface area contributed by atoms with Gasteiger partial charge in [-0.05, 0) is 65.2 Å². The van der Waals surface area contributed by atoms with Gasteiger partial charge in [0.1, 0.15) is 23.9 Å². The Bertz CT molecular complexity index is 1800. The molecule has 0 saturated heterocycles. The molecular formula is C31H22BrF5N2O3. The van der Waals surface area contributed by atoms with Crippen molar-refractivity contribution in [3.05, 3.63) is 105 Å². The fourth-order valence-electron chi connectivity index (χ4n) is 4.46. The van der Waals surface area contributed by atoms with E-state index in [1.54, 1.807) is 12.1 Å². The Hall–Kier alpha value is -4.25. The van der Waals surface area contributed by atoms with Crippen molar-refractivity contribution in [2.75, 3.05) is 7.11 Å². The first-order valence-corrected chi connectivity index (χ1v) is 13.3. The molecule has 0 atom stereocenters. The molecule has 0 radical (unpaired) electrons. The minimum atomic E-state index is -4.73. The van der Waals surface area contributed by atoms with E-state index < -0.39 is 23.4 Å². The zero-order valence-corrected chi connectivity index (χ0v) is 24.0. The molecular weight excluding hydrogens is 623 g/mol. The van der Waals surface area contributed by atoms with Crippen molar-refractivity contribution in [3.8, 4) is 34.4 Å². The summed E-state index contributed by atoms with van der Waals surface area (Å²) in [6.07, 6.45) is -4.10. The summed E-state index contributed by atoms with van der Waals surface area (Å²) in [6, 6.07) is 16.2. The van der Waals surface area contributed by atoms with Gasteiger partial charge in [-0.2, -0.15) is 13.2 Å². The largest absolute Gasteiger partial charge is 0.496 e. The molecule has 0 saturated carbocycles. The quantitative estimate of drug-likeness (QED) is 0.165. The van der Waals surface area contributed by atoms with Crippen LogP contribution in [0, 0.1) is 25.5 Å². The highest BCUT2D eigenvalue weighted by molar-refractivity contribution is 9.10. The Balaban J connectivity index is 1.74. The first-order chi connectivity index (χ1) is 20.0. The standard InChI is InChI=1S/C31H22BrF5N2O3/c1-16-19(31(35,36)37)14-38-30(42-23-11-9-20(33)29(34)17(23)2)26(16)22-13-25(41-15-18-7-5-4-6-8-18)27-21(39-22)10-12-24(40-3)28(27)32/h4-14H,15H2,1-3H3. The van der Waals surface area contributed by atoms with Gasteiger partial charge in [0.2, 0.25) is 5.88 Å². The lowest BCUT2D eigenvalue weighted by Crippen LogP contribution is -2.11. The Labute approximate surface area is 246 Å². The second kappa shape index (κ2) is 11.6. The third-order valence-electron chi connectivity index (χ3n) is 6.66. The maximum Gasteiger partial charge on any atom is 0.418 e. The number of aromatic nitrogens is 2. The van der Waals surface area contributed by atoms with Crippen LogP contribution >= 0.6 is 15.9 Å². The van der Waals surface area contributed by atoms with Crippen LogP contribution in [0.3, 0.4) is 0 Å². The van der Waals surface area contributed by atoms with E-state index >= 15 is 0 Å². The van der Waals surface area contributed by atoms with Crippen LogP contribution in [0.25, 0.3) is 22.2 Å². The maximum absolute atomic E-state index is 14.3. The van der Waals surface area contributed by atoms with Crippen molar-refractivity contribution < 1.29 is 36.2 Å². The number of ether oxygens (including phenoxy) is 3. The molecule has 0 N–H and O–H groups in total. The number of fused-ring (bicyclic) bond motifs is 1. The minimum absolute atomic E-state index is 0.0639. The van der Waals surface area contributed by atoms with Crippen molar-refractivity contribution in [1.82, 2.24) is 9.97 Å². The van der Waals surface area contributed by atoms with Gasteiger partial charge < -0.3 is 14.2 Å². The molecule has 5 nitrogen and oxygen atoms in total. The lowest BCUT2D eigenvalue weighted by atomic mass is 10.0. The molecule has 216 valence electrons. The van der Waals surface area contributed by atoms with Gasteiger partial charge in [0.05, 0.1) is 39.3 Å². The molecule has 2 heterocycles. The van der Waals surface area contributed by atoms with Gasteiger partial charge in [-0.1, -0.05) is 30.3 Å². The van der Waals surface area contributed by atoms with Crippen LogP contribution in [0.4, 0.5) is 22.0 Å². The van der Waals surface area contributed by atoms with Gasteiger partial charge in [0, 0.05) is 17.8 Å². The number of hydrogen-bond acceptors (Lipinski definition) is 5. The third kappa shape index (κ3) is 5.61. The number of hydrogen-bond donors (Lipinski definition) is 0. The second-order valence-corrected chi connectivity index (χ2v) is 10.1. The van der Waals surface area contributed by atoms with Crippen LogP contribution in [0.2, 0.25) is 0 Å². The molecule has 3 aromatic carbocycles. The molecule has 0 aliphatic carbocycles. The van der Waals surface area contributed by atoms with Crippen LogP contribution in [-0.4, -0.2) is 17.1 Å². The van der Waals surface area contributed by atoms with Crippen LogP contribution in [-0.2, 0) is 12.8 Å². The summed E-state index contributed by atoms with van der Waals surface area (Å²) in [7, 11) is 1.50. The number of nitrogens with zero attached hydrogens (tertiary/aromatic N) is 2. The van der Waals surface area contributed by atoms with E-state index in [0.717, 1.165) is 11.6 Å². The molecule has 0 aliphatic rings. The zero-order valence-electron chi connectivity index (χ0n) is 22.4. The Kier molecular flexibility index (Phi) is 8.05. The number of rotatable bonds is 7. The highest BCUT2D eigenvalue weighted by Crippen LogP contribution is 2.45. The van der Waals surface area contributed by atoms with Crippen LogP contribution in [0.1, 0.15) is 22.3 Å². The van der Waals surface area contributed by atoms with Crippen LogP contribution < -0.4 is 14.2 Å². The summed E-state index contributed by atoms with van der Waals surface area (Å²) in [5.74, 6) is -1.82. The zero-order chi connectivity index (χ0) is 30.2. The number of alkyl halides is 3. The van der Waals surface area contributed by atoms with Crippen molar-refractivity contribution >= 4 is 26.8 Å². The summed E-state index contributed by atoms with van der Waals surface area (Å²) >= 11 is 3.53. The molecule has 0 aliphatic heterocycles. The average molecular weight is 645 g/mol. The predicted molar refractivity (Wildman–Crippen MR) is 151 cm³/mol. The third-order valence-corrected chi connectivity index (χ3v) is 7.45. The summed E-state index contributed by atoms with van der Waals surface area (Å²) < 4.78 is 88.1. The van der Waals surface area contributed by atoms with Gasteiger partial charge in [0.15, 0.2) is 11.6 Å². The molecule has 0 amide bonds. The molecule has 0 unspecified atom stereocenters. The van der Waals surface area contributed by atoms with Crippen LogP contribution in [0.5, 0.6) is 23.1 Å². The van der Waals surface area contributed by atoms with Gasteiger partial charge >= 0.3 is 6.18 Å². The summed E-state index contributed by atoms with van der Waals surface area (Å²) in [4.78, 5) is 8.60. The van der Waals surface area contributed by atoms with Crippen LogP contribution in [0.15, 0.2) is 71.3 Å². The van der Waals surface area contributed by atoms with E-state index in [9.17, 15) is 22.0 Å². The molecule has 0 bridgehead atoms. The molecule has 11 heteroatoms. The van der Waals surface area contributed by atoms with Gasteiger partial charge in [-0.15, -0.1) is 0 Å². The fraction of sp³-hybridized carbons (Fsp3) is 0.161.